The summed E-state index contributed by atoms with van der Waals surface area (Å²) in [6.45, 7) is 5.77. The van der Waals surface area contributed by atoms with Gasteiger partial charge in [-0.25, -0.2) is 0 Å². The molecule has 1 rings (SSSR count). The summed E-state index contributed by atoms with van der Waals surface area (Å²) in [7, 11) is 0. The first-order chi connectivity index (χ1) is 36.7. The van der Waals surface area contributed by atoms with Crippen molar-refractivity contribution in [3.63, 3.8) is 0 Å². The summed E-state index contributed by atoms with van der Waals surface area (Å²) in [4.78, 5) is 26.5. The zero-order chi connectivity index (χ0) is 54.7. The molecule has 0 aromatic carbocycles. The number of ether oxygens (including phenoxy) is 3. The van der Waals surface area contributed by atoms with E-state index in [0.29, 0.717) is 12.8 Å². The molecule has 0 aliphatic carbocycles. The number of aliphatic hydroxyl groups excluding tert-OH is 5. The Morgan fingerprint density at radius 2 is 0.880 bits per heavy atom. The predicted octanol–water partition coefficient (Wildman–Crippen LogP) is 15.1. The van der Waals surface area contributed by atoms with Gasteiger partial charge in [0.2, 0.25) is 5.91 Å². The summed E-state index contributed by atoms with van der Waals surface area (Å²) in [5, 5.41) is 56.9. The van der Waals surface area contributed by atoms with Crippen LogP contribution in [0.3, 0.4) is 0 Å². The van der Waals surface area contributed by atoms with Crippen molar-refractivity contribution in [1.82, 2.24) is 5.32 Å². The van der Waals surface area contributed by atoms with Crippen LogP contribution in [0.2, 0.25) is 0 Å². The Morgan fingerprint density at radius 3 is 1.29 bits per heavy atom. The van der Waals surface area contributed by atoms with Gasteiger partial charge in [0.05, 0.1) is 25.4 Å². The normalized spacial score (nSPS) is 19.4. The second kappa shape index (κ2) is 52.6. The quantitative estimate of drug-likeness (QED) is 0.0195. The molecule has 0 bridgehead atoms. The molecular formula is C64H119NO10. The van der Waals surface area contributed by atoms with Crippen molar-refractivity contribution in [3.05, 3.63) is 36.5 Å². The van der Waals surface area contributed by atoms with Crippen LogP contribution in [0.1, 0.15) is 297 Å². The second-order valence-corrected chi connectivity index (χ2v) is 22.1. The summed E-state index contributed by atoms with van der Waals surface area (Å²) in [6, 6.07) is -1.03. The molecule has 1 fully saturated rings. The lowest BCUT2D eigenvalue weighted by Crippen LogP contribution is -2.61. The zero-order valence-electron chi connectivity index (χ0n) is 48.7. The fourth-order valence-corrected chi connectivity index (χ4v) is 9.94. The molecule has 0 aromatic rings. The first-order valence-corrected chi connectivity index (χ1v) is 31.8. The van der Waals surface area contributed by atoms with Crippen molar-refractivity contribution < 1.29 is 49.3 Å². The molecule has 0 spiro atoms. The van der Waals surface area contributed by atoms with Gasteiger partial charge in [-0.05, 0) is 77.0 Å². The van der Waals surface area contributed by atoms with Gasteiger partial charge in [-0.2, -0.15) is 0 Å². The fraction of sp³-hybridized carbons (Fsp3) is 0.875. The molecule has 11 nitrogen and oxygen atoms in total. The maximum Gasteiger partial charge on any atom is 0.306 e. The number of hydrogen-bond donors (Lipinski definition) is 6. The highest BCUT2D eigenvalue weighted by Gasteiger charge is 2.47. The van der Waals surface area contributed by atoms with Crippen molar-refractivity contribution in [2.45, 2.75) is 346 Å². The summed E-state index contributed by atoms with van der Waals surface area (Å²) < 4.78 is 17.6. The largest absolute Gasteiger partial charge is 0.454 e. The molecule has 440 valence electrons. The van der Waals surface area contributed by atoms with Crippen molar-refractivity contribution in [2.24, 2.45) is 0 Å². The number of hydrogen-bond acceptors (Lipinski definition) is 10. The van der Waals surface area contributed by atoms with E-state index in [0.717, 1.165) is 57.8 Å². The van der Waals surface area contributed by atoms with Crippen molar-refractivity contribution in [3.8, 4) is 0 Å². The van der Waals surface area contributed by atoms with E-state index in [1.165, 1.54) is 193 Å². The molecule has 1 aliphatic heterocycles. The highest BCUT2D eigenvalue weighted by atomic mass is 16.7. The Balaban J connectivity index is 2.59. The first kappa shape index (κ1) is 70.9. The highest BCUT2D eigenvalue weighted by Crippen LogP contribution is 2.26. The van der Waals surface area contributed by atoms with Crippen molar-refractivity contribution >= 4 is 11.9 Å². The lowest BCUT2D eigenvalue weighted by molar-refractivity contribution is -0.305. The lowest BCUT2D eigenvalue weighted by atomic mass is 9.99. The minimum atomic E-state index is -1.61. The number of esters is 1. The predicted molar refractivity (Wildman–Crippen MR) is 311 cm³/mol. The third-order valence-electron chi connectivity index (χ3n) is 15.0. The van der Waals surface area contributed by atoms with Crippen LogP contribution in [0.5, 0.6) is 0 Å². The van der Waals surface area contributed by atoms with Gasteiger partial charge in [-0.3, -0.25) is 9.59 Å². The Labute approximate surface area is 460 Å². The molecule has 8 atom stereocenters. The van der Waals surface area contributed by atoms with Gasteiger partial charge in [-0.15, -0.1) is 0 Å². The Morgan fingerprint density at radius 1 is 0.507 bits per heavy atom. The van der Waals surface area contributed by atoms with Gasteiger partial charge in [0.25, 0.3) is 0 Å². The molecule has 1 aliphatic rings. The SMILES string of the molecule is CCCCCCCC/C=C\CCCCC(O)C(=O)NC(COC1OC(CO)C(O)C(O)C1OC(=O)CCCCCCCCCCCCCCC/C=C/CCCCCCCC)C(O)/C=C/CCCCCCCCCCC. The third-order valence-corrected chi connectivity index (χ3v) is 15.0. The average Bonchev–Trinajstić information content (AvgIpc) is 3.41. The smallest absolute Gasteiger partial charge is 0.306 e. The van der Waals surface area contributed by atoms with Crippen LogP contribution in [-0.4, -0.2) is 99.6 Å². The number of unbranched alkanes of at least 4 members (excludes halogenated alkanes) is 36. The summed E-state index contributed by atoms with van der Waals surface area (Å²) in [5.41, 5.74) is 0. The van der Waals surface area contributed by atoms with Crippen molar-refractivity contribution in [1.29, 1.82) is 0 Å². The average molecular weight is 1060 g/mol. The molecule has 6 N–H and O–H groups in total. The van der Waals surface area contributed by atoms with Gasteiger partial charge in [0.1, 0.15) is 24.4 Å². The van der Waals surface area contributed by atoms with E-state index < -0.39 is 67.4 Å². The zero-order valence-corrected chi connectivity index (χ0v) is 48.7. The van der Waals surface area contributed by atoms with Crippen LogP contribution in [0.15, 0.2) is 36.5 Å². The number of aliphatic hydroxyl groups is 5. The number of nitrogens with one attached hydrogen (secondary N) is 1. The van der Waals surface area contributed by atoms with Crippen LogP contribution in [0.25, 0.3) is 0 Å². The van der Waals surface area contributed by atoms with E-state index in [1.54, 1.807) is 6.08 Å². The molecule has 0 radical (unpaired) electrons. The third kappa shape index (κ3) is 40.7. The molecule has 0 aromatic heterocycles. The van der Waals surface area contributed by atoms with E-state index in [4.69, 9.17) is 14.2 Å². The second-order valence-electron chi connectivity index (χ2n) is 22.1. The summed E-state index contributed by atoms with van der Waals surface area (Å²) in [6.07, 6.45) is 52.0. The van der Waals surface area contributed by atoms with Gasteiger partial charge in [-0.1, -0.05) is 250 Å². The fourth-order valence-electron chi connectivity index (χ4n) is 9.94. The van der Waals surface area contributed by atoms with E-state index in [1.807, 2.05) is 6.08 Å². The Kier molecular flexibility index (Phi) is 49.7. The minimum Gasteiger partial charge on any atom is -0.454 e. The van der Waals surface area contributed by atoms with Gasteiger partial charge in [0, 0.05) is 6.42 Å². The number of amides is 1. The summed E-state index contributed by atoms with van der Waals surface area (Å²) >= 11 is 0. The van der Waals surface area contributed by atoms with Crippen LogP contribution in [0, 0.1) is 0 Å². The molecule has 1 amide bonds. The van der Waals surface area contributed by atoms with Gasteiger partial charge >= 0.3 is 5.97 Å². The van der Waals surface area contributed by atoms with Crippen molar-refractivity contribution in [2.75, 3.05) is 13.2 Å². The van der Waals surface area contributed by atoms with Crippen LogP contribution >= 0.6 is 0 Å². The van der Waals surface area contributed by atoms with E-state index in [-0.39, 0.29) is 19.4 Å². The number of allylic oxidation sites excluding steroid dienone is 5. The van der Waals surface area contributed by atoms with E-state index >= 15 is 0 Å². The molecular weight excluding hydrogens is 943 g/mol. The van der Waals surface area contributed by atoms with Crippen LogP contribution in [0.4, 0.5) is 0 Å². The number of rotatable bonds is 54. The molecule has 0 saturated carbocycles. The van der Waals surface area contributed by atoms with Crippen LogP contribution in [-0.2, 0) is 23.8 Å². The van der Waals surface area contributed by atoms with Crippen LogP contribution < -0.4 is 5.32 Å². The van der Waals surface area contributed by atoms with Gasteiger partial charge < -0.3 is 45.1 Å². The molecule has 11 heteroatoms. The van der Waals surface area contributed by atoms with E-state index in [2.05, 4.69) is 50.4 Å². The van der Waals surface area contributed by atoms with Gasteiger partial charge in [0.15, 0.2) is 12.4 Å². The maximum atomic E-state index is 13.4. The molecule has 75 heavy (non-hydrogen) atoms. The minimum absolute atomic E-state index is 0.124. The maximum absolute atomic E-state index is 13.4. The standard InChI is InChI=1S/C64H119NO10/c1-4-7-10-13-16-19-22-24-25-26-27-28-29-30-31-32-33-34-37-40-43-46-49-52-59(69)75-62-61(71)60(70)58(53-66)74-64(62)73-54-55(56(67)50-47-44-41-38-35-21-18-15-12-9-6-3)65-63(72)57(68)51-48-45-42-39-36-23-20-17-14-11-8-5-2/h24-25,36,39,47,50,55-58,60-62,64,66-68,70-71H,4-23,26-35,37-38,40-46,48-49,51-54H2,1-3H3,(H,65,72)/b25-24+,39-36-,50-47+. The monoisotopic (exact) mass is 1060 g/mol. The Bertz CT molecular complexity index is 1360. The Hall–Kier alpha value is -2.12. The first-order valence-electron chi connectivity index (χ1n) is 31.8. The number of carbonyl (C=O) groups excluding carboxylic acids is 2. The number of carbonyl (C=O) groups is 2. The summed E-state index contributed by atoms with van der Waals surface area (Å²) in [5.74, 6) is -1.20. The molecule has 8 unspecified atom stereocenters. The highest BCUT2D eigenvalue weighted by molar-refractivity contribution is 5.80. The molecule has 1 heterocycles. The molecule has 1 saturated heterocycles. The topological polar surface area (TPSA) is 175 Å². The lowest BCUT2D eigenvalue weighted by Gasteiger charge is -2.41. The van der Waals surface area contributed by atoms with E-state index in [9.17, 15) is 35.1 Å².